The zero-order chi connectivity index (χ0) is 14.3. The smallest absolute Gasteiger partial charge is 0.131 e. The number of rotatable bonds is 1. The number of fused-ring (bicyclic) bond motifs is 1. The third-order valence-corrected chi connectivity index (χ3v) is 3.76. The largest absolute Gasteiger partial charge is 0.485 e. The first-order valence-electron chi connectivity index (χ1n) is 6.22. The Kier molecular flexibility index (Phi) is 3.36. The molecular formula is C15H12ClF2NO. The molecule has 0 amide bonds. The van der Waals surface area contributed by atoms with Crippen LogP contribution in [0.1, 0.15) is 29.7 Å². The Morgan fingerprint density at radius 2 is 2.00 bits per heavy atom. The van der Waals surface area contributed by atoms with Gasteiger partial charge in [-0.25, -0.2) is 8.78 Å². The Hall–Kier alpha value is -1.65. The Labute approximate surface area is 120 Å². The van der Waals surface area contributed by atoms with Gasteiger partial charge in [-0.3, -0.25) is 0 Å². The molecule has 0 radical (unpaired) electrons. The number of hydrogen-bond donors (Lipinski definition) is 1. The lowest BCUT2D eigenvalue weighted by atomic mass is 9.93. The summed E-state index contributed by atoms with van der Waals surface area (Å²) in [6, 6.07) is 8.19. The van der Waals surface area contributed by atoms with Gasteiger partial charge in [0.15, 0.2) is 0 Å². The number of ether oxygens (including phenoxy) is 1. The van der Waals surface area contributed by atoms with E-state index in [4.69, 9.17) is 22.1 Å². The number of nitrogens with two attached hydrogens (primary N) is 1. The summed E-state index contributed by atoms with van der Waals surface area (Å²) in [7, 11) is 0. The highest BCUT2D eigenvalue weighted by Crippen LogP contribution is 2.42. The fourth-order valence-electron chi connectivity index (χ4n) is 2.47. The molecule has 0 aromatic heterocycles. The minimum Gasteiger partial charge on any atom is -0.485 e. The van der Waals surface area contributed by atoms with Crippen LogP contribution >= 0.6 is 11.6 Å². The molecule has 1 heterocycles. The van der Waals surface area contributed by atoms with Gasteiger partial charge in [-0.2, -0.15) is 0 Å². The van der Waals surface area contributed by atoms with Crippen LogP contribution < -0.4 is 10.5 Å². The molecule has 2 atom stereocenters. The number of benzene rings is 2. The molecule has 5 heteroatoms. The van der Waals surface area contributed by atoms with E-state index in [1.54, 1.807) is 6.07 Å². The second kappa shape index (κ2) is 5.04. The Bertz CT molecular complexity index is 642. The Balaban J connectivity index is 2.01. The molecular weight excluding hydrogens is 284 g/mol. The van der Waals surface area contributed by atoms with Crippen molar-refractivity contribution < 1.29 is 13.5 Å². The molecule has 0 saturated carbocycles. The van der Waals surface area contributed by atoms with Crippen LogP contribution in [0.4, 0.5) is 8.78 Å². The van der Waals surface area contributed by atoms with E-state index in [2.05, 4.69) is 0 Å². The third-order valence-electron chi connectivity index (χ3n) is 3.43. The summed E-state index contributed by atoms with van der Waals surface area (Å²) >= 11 is 6.04. The average molecular weight is 296 g/mol. The SMILES string of the molecule is N[C@H]1CC(c2c(F)cccc2Cl)Oc2ccc(F)cc21. The highest BCUT2D eigenvalue weighted by atomic mass is 35.5. The maximum absolute atomic E-state index is 13.9. The van der Waals surface area contributed by atoms with Gasteiger partial charge in [0, 0.05) is 23.6 Å². The van der Waals surface area contributed by atoms with E-state index in [0.29, 0.717) is 28.3 Å². The molecule has 0 saturated heterocycles. The Morgan fingerprint density at radius 1 is 1.20 bits per heavy atom. The van der Waals surface area contributed by atoms with Crippen molar-refractivity contribution in [1.82, 2.24) is 0 Å². The van der Waals surface area contributed by atoms with Gasteiger partial charge in [0.1, 0.15) is 23.5 Å². The summed E-state index contributed by atoms with van der Waals surface area (Å²) in [6.07, 6.45) is -0.228. The quantitative estimate of drug-likeness (QED) is 0.858. The van der Waals surface area contributed by atoms with Crippen molar-refractivity contribution in [3.63, 3.8) is 0 Å². The first-order valence-corrected chi connectivity index (χ1v) is 6.59. The first kappa shape index (κ1) is 13.3. The van der Waals surface area contributed by atoms with Gasteiger partial charge in [0.05, 0.1) is 5.02 Å². The molecule has 0 fully saturated rings. The van der Waals surface area contributed by atoms with E-state index in [0.717, 1.165) is 0 Å². The molecule has 104 valence electrons. The predicted octanol–water partition coefficient (Wildman–Crippen LogP) is 4.14. The molecule has 2 N–H and O–H groups in total. The topological polar surface area (TPSA) is 35.2 Å². The van der Waals surface area contributed by atoms with Crippen molar-refractivity contribution in [2.75, 3.05) is 0 Å². The maximum Gasteiger partial charge on any atom is 0.131 e. The molecule has 0 aliphatic carbocycles. The summed E-state index contributed by atoms with van der Waals surface area (Å²) in [6.45, 7) is 0. The zero-order valence-electron chi connectivity index (χ0n) is 10.4. The van der Waals surface area contributed by atoms with Crippen molar-refractivity contribution in [3.05, 3.63) is 64.2 Å². The molecule has 3 rings (SSSR count). The lowest BCUT2D eigenvalue weighted by Gasteiger charge is -2.31. The zero-order valence-corrected chi connectivity index (χ0v) is 11.2. The highest BCUT2D eigenvalue weighted by Gasteiger charge is 2.30. The summed E-state index contributed by atoms with van der Waals surface area (Å²) in [5, 5.41) is 0.299. The van der Waals surface area contributed by atoms with E-state index in [-0.39, 0.29) is 5.82 Å². The van der Waals surface area contributed by atoms with Crippen molar-refractivity contribution in [1.29, 1.82) is 0 Å². The monoisotopic (exact) mass is 295 g/mol. The van der Waals surface area contributed by atoms with Gasteiger partial charge in [-0.15, -0.1) is 0 Å². The van der Waals surface area contributed by atoms with E-state index in [1.165, 1.54) is 30.3 Å². The standard InChI is InChI=1S/C15H12ClF2NO/c16-10-2-1-3-11(18)15(10)14-7-12(19)9-6-8(17)4-5-13(9)20-14/h1-6,12,14H,7,19H2/t12-,14?/m0/s1. The Morgan fingerprint density at radius 3 is 2.75 bits per heavy atom. The van der Waals surface area contributed by atoms with Crippen LogP contribution in [-0.4, -0.2) is 0 Å². The molecule has 1 unspecified atom stereocenters. The van der Waals surface area contributed by atoms with Crippen molar-refractivity contribution in [2.45, 2.75) is 18.6 Å². The van der Waals surface area contributed by atoms with Gasteiger partial charge in [-0.05, 0) is 30.3 Å². The third kappa shape index (κ3) is 2.25. The lowest BCUT2D eigenvalue weighted by molar-refractivity contribution is 0.157. The lowest BCUT2D eigenvalue weighted by Crippen LogP contribution is -2.25. The molecule has 2 aromatic carbocycles. The van der Waals surface area contributed by atoms with Gasteiger partial charge in [0.2, 0.25) is 0 Å². The predicted molar refractivity (Wildman–Crippen MR) is 72.7 cm³/mol. The summed E-state index contributed by atoms with van der Waals surface area (Å²) in [5.41, 5.74) is 6.91. The van der Waals surface area contributed by atoms with E-state index < -0.39 is 18.0 Å². The van der Waals surface area contributed by atoms with Crippen LogP contribution in [0.3, 0.4) is 0 Å². The fourth-order valence-corrected chi connectivity index (χ4v) is 2.76. The van der Waals surface area contributed by atoms with Crippen molar-refractivity contribution in [3.8, 4) is 5.75 Å². The molecule has 1 aliphatic heterocycles. The van der Waals surface area contributed by atoms with Crippen LogP contribution in [0, 0.1) is 11.6 Å². The van der Waals surface area contributed by atoms with Crippen molar-refractivity contribution in [2.24, 2.45) is 5.73 Å². The first-order chi connectivity index (χ1) is 9.56. The molecule has 0 bridgehead atoms. The van der Waals surface area contributed by atoms with E-state index in [9.17, 15) is 8.78 Å². The van der Waals surface area contributed by atoms with Crippen LogP contribution in [0.2, 0.25) is 5.02 Å². The summed E-state index contributed by atoms with van der Waals surface area (Å²) in [4.78, 5) is 0. The highest BCUT2D eigenvalue weighted by molar-refractivity contribution is 6.31. The van der Waals surface area contributed by atoms with Gasteiger partial charge >= 0.3 is 0 Å². The van der Waals surface area contributed by atoms with Crippen LogP contribution in [0.25, 0.3) is 0 Å². The molecule has 1 aliphatic rings. The van der Waals surface area contributed by atoms with Crippen LogP contribution in [0.5, 0.6) is 5.75 Å². The minimum absolute atomic E-state index is 0.291. The van der Waals surface area contributed by atoms with Gasteiger partial charge < -0.3 is 10.5 Å². The number of halogens is 3. The normalized spacial score (nSPS) is 21.2. The average Bonchev–Trinajstić information content (AvgIpc) is 2.39. The van der Waals surface area contributed by atoms with Crippen molar-refractivity contribution >= 4 is 11.6 Å². The second-order valence-electron chi connectivity index (χ2n) is 4.77. The molecule has 2 nitrogen and oxygen atoms in total. The number of hydrogen-bond acceptors (Lipinski definition) is 2. The van der Waals surface area contributed by atoms with Gasteiger partial charge in [-0.1, -0.05) is 17.7 Å². The van der Waals surface area contributed by atoms with E-state index in [1.807, 2.05) is 0 Å². The molecule has 0 spiro atoms. The van der Waals surface area contributed by atoms with Gasteiger partial charge in [0.25, 0.3) is 0 Å². The fraction of sp³-hybridized carbons (Fsp3) is 0.200. The van der Waals surface area contributed by atoms with Crippen LogP contribution in [-0.2, 0) is 0 Å². The molecule has 2 aromatic rings. The summed E-state index contributed by atoms with van der Waals surface area (Å²) < 4.78 is 32.9. The second-order valence-corrected chi connectivity index (χ2v) is 5.17. The molecule has 20 heavy (non-hydrogen) atoms. The maximum atomic E-state index is 13.9. The minimum atomic E-state index is -0.573. The summed E-state index contributed by atoms with van der Waals surface area (Å²) in [5.74, 6) is -0.333. The van der Waals surface area contributed by atoms with E-state index >= 15 is 0 Å². The van der Waals surface area contributed by atoms with Crippen LogP contribution in [0.15, 0.2) is 36.4 Å².